The molecule has 0 aliphatic carbocycles. The van der Waals surface area contributed by atoms with Gasteiger partial charge in [0.2, 0.25) is 12.8 Å². The van der Waals surface area contributed by atoms with E-state index in [0.29, 0.717) is 51.8 Å². The summed E-state index contributed by atoms with van der Waals surface area (Å²) in [7, 11) is 0. The van der Waals surface area contributed by atoms with Crippen LogP contribution in [0, 0.1) is 0 Å². The molecule has 8 heteroatoms. The minimum atomic E-state index is -0.704. The van der Waals surface area contributed by atoms with Crippen LogP contribution in [-0.2, 0) is 19.2 Å². The Bertz CT molecular complexity index is 255. The zero-order chi connectivity index (χ0) is 13.6. The van der Waals surface area contributed by atoms with Crippen LogP contribution < -0.4 is 21.3 Å². The molecule has 4 N–H and O–H groups in total. The van der Waals surface area contributed by atoms with E-state index in [1.807, 2.05) is 0 Å². The zero-order valence-electron chi connectivity index (χ0n) is 10.0. The van der Waals surface area contributed by atoms with Crippen molar-refractivity contribution in [3.8, 4) is 0 Å². The quantitative estimate of drug-likeness (QED) is 0.197. The van der Waals surface area contributed by atoms with Gasteiger partial charge in [-0.15, -0.1) is 0 Å². The summed E-state index contributed by atoms with van der Waals surface area (Å²) in [6.45, 7) is 1.53. The van der Waals surface area contributed by atoms with E-state index >= 15 is 0 Å². The summed E-state index contributed by atoms with van der Waals surface area (Å²) < 4.78 is 0. The highest BCUT2D eigenvalue weighted by molar-refractivity contribution is 6.35. The fourth-order valence-electron chi connectivity index (χ4n) is 1.06. The molecule has 0 fully saturated rings. The van der Waals surface area contributed by atoms with E-state index in [1.54, 1.807) is 0 Å². The van der Waals surface area contributed by atoms with E-state index in [0.717, 1.165) is 0 Å². The van der Waals surface area contributed by atoms with Crippen LogP contribution in [0.25, 0.3) is 0 Å². The van der Waals surface area contributed by atoms with Crippen LogP contribution in [-0.4, -0.2) is 50.8 Å². The summed E-state index contributed by atoms with van der Waals surface area (Å²) in [6, 6.07) is 0. The van der Waals surface area contributed by atoms with Gasteiger partial charge < -0.3 is 21.3 Å². The van der Waals surface area contributed by atoms with Crippen molar-refractivity contribution in [3.63, 3.8) is 0 Å². The summed E-state index contributed by atoms with van der Waals surface area (Å²) in [5.74, 6) is -1.41. The summed E-state index contributed by atoms with van der Waals surface area (Å²) in [5, 5.41) is 9.70. The molecule has 4 amide bonds. The van der Waals surface area contributed by atoms with E-state index in [9.17, 15) is 19.2 Å². The van der Waals surface area contributed by atoms with Gasteiger partial charge in [0.1, 0.15) is 0 Å². The smallest absolute Gasteiger partial charge is 0.309 e. The Morgan fingerprint density at radius 3 is 1.44 bits per heavy atom. The monoisotopic (exact) mass is 258 g/mol. The van der Waals surface area contributed by atoms with Gasteiger partial charge in [-0.05, 0) is 12.8 Å². The van der Waals surface area contributed by atoms with Gasteiger partial charge in [0.05, 0.1) is 0 Å². The molecule has 0 radical (unpaired) electrons. The summed E-state index contributed by atoms with van der Waals surface area (Å²) >= 11 is 0. The Labute approximate surface area is 105 Å². The van der Waals surface area contributed by atoms with Gasteiger partial charge in [0, 0.05) is 26.2 Å². The molecule has 0 spiro atoms. The zero-order valence-corrected chi connectivity index (χ0v) is 10.0. The standard InChI is InChI=1S/C10H18N4O4/c15-7-11-3-1-5-13-9(17)10(18)14-6-2-4-12-8-16/h7-8H,1-6H2,(H,11,15)(H,12,16)(H,13,17)(H,14,18). The molecule has 0 saturated carbocycles. The van der Waals surface area contributed by atoms with Crippen molar-refractivity contribution in [1.29, 1.82) is 0 Å². The van der Waals surface area contributed by atoms with Crippen LogP contribution in [0.4, 0.5) is 0 Å². The van der Waals surface area contributed by atoms with E-state index in [4.69, 9.17) is 0 Å². The molecule has 0 heterocycles. The lowest BCUT2D eigenvalue weighted by molar-refractivity contribution is -0.139. The maximum Gasteiger partial charge on any atom is 0.309 e. The van der Waals surface area contributed by atoms with Gasteiger partial charge in [-0.2, -0.15) is 0 Å². The Morgan fingerprint density at radius 2 is 1.11 bits per heavy atom. The van der Waals surface area contributed by atoms with Gasteiger partial charge in [-0.25, -0.2) is 0 Å². The average Bonchev–Trinajstić information content (AvgIpc) is 2.37. The van der Waals surface area contributed by atoms with E-state index in [-0.39, 0.29) is 0 Å². The maximum atomic E-state index is 11.2. The van der Waals surface area contributed by atoms with Crippen molar-refractivity contribution in [3.05, 3.63) is 0 Å². The molecule has 8 nitrogen and oxygen atoms in total. The molecule has 0 aromatic heterocycles. The van der Waals surface area contributed by atoms with Crippen molar-refractivity contribution in [2.45, 2.75) is 12.8 Å². The van der Waals surface area contributed by atoms with Crippen LogP contribution in [0.1, 0.15) is 12.8 Å². The predicted octanol–water partition coefficient (Wildman–Crippen LogP) is -2.51. The van der Waals surface area contributed by atoms with Crippen molar-refractivity contribution < 1.29 is 19.2 Å². The fourth-order valence-corrected chi connectivity index (χ4v) is 1.06. The number of amides is 4. The first-order valence-electron chi connectivity index (χ1n) is 5.62. The Hall–Kier alpha value is -2.12. The Kier molecular flexibility index (Phi) is 10.0. The third kappa shape index (κ3) is 9.13. The molecule has 102 valence electrons. The third-order valence-corrected chi connectivity index (χ3v) is 1.94. The number of nitrogens with one attached hydrogen (secondary N) is 4. The van der Waals surface area contributed by atoms with Gasteiger partial charge in [0.25, 0.3) is 0 Å². The highest BCUT2D eigenvalue weighted by Gasteiger charge is 2.11. The average molecular weight is 258 g/mol. The number of rotatable bonds is 10. The Morgan fingerprint density at radius 1 is 0.722 bits per heavy atom. The van der Waals surface area contributed by atoms with Crippen LogP contribution in [0.2, 0.25) is 0 Å². The highest BCUT2D eigenvalue weighted by Crippen LogP contribution is 1.76. The molecule has 0 saturated heterocycles. The molecular weight excluding hydrogens is 240 g/mol. The topological polar surface area (TPSA) is 116 Å². The van der Waals surface area contributed by atoms with Crippen LogP contribution >= 0.6 is 0 Å². The van der Waals surface area contributed by atoms with E-state index in [1.165, 1.54) is 0 Å². The molecule has 0 aromatic carbocycles. The lowest BCUT2D eigenvalue weighted by atomic mass is 10.4. The summed E-state index contributed by atoms with van der Waals surface area (Å²) in [4.78, 5) is 42.2. The first-order chi connectivity index (χ1) is 8.72. The molecule has 0 unspecified atom stereocenters. The molecule has 0 aliphatic heterocycles. The second-order valence-electron chi connectivity index (χ2n) is 3.36. The third-order valence-electron chi connectivity index (χ3n) is 1.94. The number of carbonyl (C=O) groups is 4. The second kappa shape index (κ2) is 11.4. The van der Waals surface area contributed by atoms with Gasteiger partial charge in [-0.3, -0.25) is 19.2 Å². The van der Waals surface area contributed by atoms with Gasteiger partial charge >= 0.3 is 11.8 Å². The number of carbonyl (C=O) groups excluding carboxylic acids is 4. The lowest BCUT2D eigenvalue weighted by Gasteiger charge is -2.06. The molecular formula is C10H18N4O4. The first-order valence-corrected chi connectivity index (χ1v) is 5.62. The summed E-state index contributed by atoms with van der Waals surface area (Å²) in [6.07, 6.45) is 2.26. The number of hydrogen-bond acceptors (Lipinski definition) is 4. The minimum absolute atomic E-state index is 0.319. The van der Waals surface area contributed by atoms with Crippen LogP contribution in [0.5, 0.6) is 0 Å². The fraction of sp³-hybridized carbons (Fsp3) is 0.600. The number of hydrogen-bond donors (Lipinski definition) is 4. The van der Waals surface area contributed by atoms with Crippen molar-refractivity contribution in [2.24, 2.45) is 0 Å². The summed E-state index contributed by atoms with van der Waals surface area (Å²) in [5.41, 5.74) is 0. The van der Waals surface area contributed by atoms with E-state index < -0.39 is 11.8 Å². The van der Waals surface area contributed by atoms with Crippen LogP contribution in [0.15, 0.2) is 0 Å². The van der Waals surface area contributed by atoms with Crippen LogP contribution in [0.3, 0.4) is 0 Å². The van der Waals surface area contributed by atoms with Crippen molar-refractivity contribution in [2.75, 3.05) is 26.2 Å². The normalized spacial score (nSPS) is 9.11. The molecule has 0 atom stereocenters. The molecule has 0 bridgehead atoms. The molecule has 18 heavy (non-hydrogen) atoms. The Balaban J connectivity index is 3.48. The molecule has 0 rings (SSSR count). The van der Waals surface area contributed by atoms with E-state index in [2.05, 4.69) is 21.3 Å². The highest BCUT2D eigenvalue weighted by atomic mass is 16.2. The minimum Gasteiger partial charge on any atom is -0.359 e. The predicted molar refractivity (Wildman–Crippen MR) is 63.4 cm³/mol. The maximum absolute atomic E-state index is 11.2. The first kappa shape index (κ1) is 15.9. The molecule has 0 aromatic rings. The largest absolute Gasteiger partial charge is 0.359 e. The van der Waals surface area contributed by atoms with Crippen molar-refractivity contribution in [1.82, 2.24) is 21.3 Å². The van der Waals surface area contributed by atoms with Gasteiger partial charge in [-0.1, -0.05) is 0 Å². The lowest BCUT2D eigenvalue weighted by Crippen LogP contribution is -2.41. The molecule has 0 aliphatic rings. The SMILES string of the molecule is O=CNCCCNC(=O)C(=O)NCCCNC=O. The second-order valence-corrected chi connectivity index (χ2v) is 3.36. The van der Waals surface area contributed by atoms with Crippen molar-refractivity contribution >= 4 is 24.6 Å². The van der Waals surface area contributed by atoms with Gasteiger partial charge in [0.15, 0.2) is 0 Å².